The van der Waals surface area contributed by atoms with E-state index in [0.717, 1.165) is 8.66 Å². The zero-order valence-corrected chi connectivity index (χ0v) is 11.1. The van der Waals surface area contributed by atoms with Crippen molar-refractivity contribution in [2.75, 3.05) is 13.2 Å². The van der Waals surface area contributed by atoms with Crippen LogP contribution in [0, 0.1) is 0 Å². The number of hydrogen-bond donors (Lipinski definition) is 3. The smallest absolute Gasteiger partial charge is 0.338 e. The molecule has 0 aromatic carbocycles. The van der Waals surface area contributed by atoms with Gasteiger partial charge < -0.3 is 10.4 Å². The maximum atomic E-state index is 11.1. The van der Waals surface area contributed by atoms with Crippen molar-refractivity contribution in [3.8, 4) is 0 Å². The number of carboxylic acids is 1. The highest BCUT2D eigenvalue weighted by Crippen LogP contribution is 2.21. The SMILES string of the molecule is O=C(O)CONC(=O)NCCc1ccc(Br)s1. The first-order valence-corrected chi connectivity index (χ1v) is 6.30. The molecule has 94 valence electrons. The molecule has 8 heteroatoms. The van der Waals surface area contributed by atoms with E-state index in [1.54, 1.807) is 11.3 Å². The Balaban J connectivity index is 2.10. The predicted octanol–water partition coefficient (Wildman–Crippen LogP) is 1.37. The van der Waals surface area contributed by atoms with E-state index >= 15 is 0 Å². The lowest BCUT2D eigenvalue weighted by Crippen LogP contribution is -2.37. The number of thiophene rings is 1. The molecule has 0 spiro atoms. The van der Waals surface area contributed by atoms with E-state index in [1.165, 1.54) is 0 Å². The molecule has 0 radical (unpaired) electrons. The minimum Gasteiger partial charge on any atom is -0.479 e. The van der Waals surface area contributed by atoms with Gasteiger partial charge in [-0.05, 0) is 34.5 Å². The number of carbonyl (C=O) groups excluding carboxylic acids is 1. The van der Waals surface area contributed by atoms with Crippen molar-refractivity contribution in [2.24, 2.45) is 0 Å². The number of aliphatic carboxylic acids is 1. The van der Waals surface area contributed by atoms with Gasteiger partial charge in [-0.3, -0.25) is 4.84 Å². The van der Waals surface area contributed by atoms with Gasteiger partial charge in [-0.1, -0.05) is 0 Å². The highest BCUT2D eigenvalue weighted by atomic mass is 79.9. The molecule has 1 rings (SSSR count). The molecule has 6 nitrogen and oxygen atoms in total. The van der Waals surface area contributed by atoms with E-state index < -0.39 is 18.6 Å². The van der Waals surface area contributed by atoms with E-state index in [4.69, 9.17) is 5.11 Å². The molecule has 0 saturated heterocycles. The Morgan fingerprint density at radius 1 is 1.47 bits per heavy atom. The predicted molar refractivity (Wildman–Crippen MR) is 65.8 cm³/mol. The summed E-state index contributed by atoms with van der Waals surface area (Å²) in [7, 11) is 0. The van der Waals surface area contributed by atoms with Crippen molar-refractivity contribution in [3.63, 3.8) is 0 Å². The Kier molecular flexibility index (Phi) is 5.95. The molecular formula is C9H11BrN2O4S. The van der Waals surface area contributed by atoms with Crippen LogP contribution >= 0.6 is 27.3 Å². The molecule has 1 aromatic heterocycles. The number of hydroxylamine groups is 1. The summed E-state index contributed by atoms with van der Waals surface area (Å²) >= 11 is 4.94. The second-order valence-electron chi connectivity index (χ2n) is 3.00. The van der Waals surface area contributed by atoms with Crippen LogP contribution in [0.5, 0.6) is 0 Å². The Hall–Kier alpha value is -1.12. The van der Waals surface area contributed by atoms with E-state index in [2.05, 4.69) is 26.1 Å². The van der Waals surface area contributed by atoms with Gasteiger partial charge in [0.15, 0.2) is 6.61 Å². The summed E-state index contributed by atoms with van der Waals surface area (Å²) in [5.74, 6) is -1.14. The fourth-order valence-corrected chi connectivity index (χ4v) is 2.47. The molecular weight excluding hydrogens is 312 g/mol. The lowest BCUT2D eigenvalue weighted by Gasteiger charge is -2.05. The fraction of sp³-hybridized carbons (Fsp3) is 0.333. The van der Waals surface area contributed by atoms with Gasteiger partial charge in [0.1, 0.15) is 0 Å². The fourth-order valence-electron chi connectivity index (χ4n) is 0.985. The van der Waals surface area contributed by atoms with Crippen molar-refractivity contribution >= 4 is 39.3 Å². The lowest BCUT2D eigenvalue weighted by atomic mass is 10.3. The number of rotatable bonds is 6. The van der Waals surface area contributed by atoms with Crippen LogP contribution in [-0.2, 0) is 16.1 Å². The van der Waals surface area contributed by atoms with E-state index in [9.17, 15) is 9.59 Å². The topological polar surface area (TPSA) is 87.7 Å². The monoisotopic (exact) mass is 322 g/mol. The molecule has 1 heterocycles. The highest BCUT2D eigenvalue weighted by molar-refractivity contribution is 9.11. The van der Waals surface area contributed by atoms with Gasteiger partial charge in [0.25, 0.3) is 0 Å². The molecule has 1 aromatic rings. The van der Waals surface area contributed by atoms with Crippen molar-refractivity contribution in [2.45, 2.75) is 6.42 Å². The Bertz CT molecular complexity index is 396. The van der Waals surface area contributed by atoms with E-state index in [1.807, 2.05) is 17.6 Å². The van der Waals surface area contributed by atoms with Crippen molar-refractivity contribution in [1.82, 2.24) is 10.8 Å². The van der Waals surface area contributed by atoms with Gasteiger partial charge in [0, 0.05) is 11.4 Å². The zero-order chi connectivity index (χ0) is 12.7. The Labute approximate surface area is 110 Å². The molecule has 0 fully saturated rings. The number of carbonyl (C=O) groups is 2. The summed E-state index contributed by atoms with van der Waals surface area (Å²) in [6.45, 7) is -0.111. The van der Waals surface area contributed by atoms with Crippen molar-refractivity contribution in [1.29, 1.82) is 0 Å². The minimum absolute atomic E-state index is 0.454. The van der Waals surface area contributed by atoms with Crippen LogP contribution in [0.2, 0.25) is 0 Å². The number of halogens is 1. The molecule has 0 saturated carbocycles. The van der Waals surface area contributed by atoms with Crippen LogP contribution < -0.4 is 10.8 Å². The van der Waals surface area contributed by atoms with Gasteiger partial charge in [0.05, 0.1) is 3.79 Å². The van der Waals surface area contributed by atoms with Crippen molar-refractivity contribution in [3.05, 3.63) is 20.8 Å². The van der Waals surface area contributed by atoms with Crippen LogP contribution in [0.1, 0.15) is 4.88 Å². The third-order valence-corrected chi connectivity index (χ3v) is 3.33. The number of nitrogens with one attached hydrogen (secondary N) is 2. The van der Waals surface area contributed by atoms with Crippen LogP contribution in [0.25, 0.3) is 0 Å². The quantitative estimate of drug-likeness (QED) is 0.690. The molecule has 3 N–H and O–H groups in total. The lowest BCUT2D eigenvalue weighted by molar-refractivity contribution is -0.144. The molecule has 0 aliphatic heterocycles. The van der Waals surface area contributed by atoms with Gasteiger partial charge in [-0.2, -0.15) is 0 Å². The first kappa shape index (κ1) is 13.9. The second kappa shape index (κ2) is 7.25. The van der Waals surface area contributed by atoms with Gasteiger partial charge in [0.2, 0.25) is 0 Å². The number of amides is 2. The summed E-state index contributed by atoms with van der Waals surface area (Å²) in [5, 5.41) is 10.8. The van der Waals surface area contributed by atoms with Crippen LogP contribution in [0.3, 0.4) is 0 Å². The maximum absolute atomic E-state index is 11.1. The maximum Gasteiger partial charge on any atom is 0.338 e. The summed E-state index contributed by atoms with van der Waals surface area (Å²) in [6, 6.07) is 3.35. The summed E-state index contributed by atoms with van der Waals surface area (Å²) < 4.78 is 1.04. The van der Waals surface area contributed by atoms with Gasteiger partial charge >= 0.3 is 12.0 Å². The third-order valence-electron chi connectivity index (χ3n) is 1.65. The van der Waals surface area contributed by atoms with Crippen molar-refractivity contribution < 1.29 is 19.5 Å². The summed E-state index contributed by atoms with van der Waals surface area (Å²) in [4.78, 5) is 26.7. The third kappa shape index (κ3) is 6.25. The highest BCUT2D eigenvalue weighted by Gasteiger charge is 2.03. The Morgan fingerprint density at radius 3 is 2.82 bits per heavy atom. The summed E-state index contributed by atoms with van der Waals surface area (Å²) in [6.07, 6.45) is 0.711. The largest absolute Gasteiger partial charge is 0.479 e. The first-order valence-electron chi connectivity index (χ1n) is 4.69. The average molecular weight is 323 g/mol. The number of carboxylic acid groups (broad SMARTS) is 1. The Morgan fingerprint density at radius 2 is 2.24 bits per heavy atom. The molecule has 17 heavy (non-hydrogen) atoms. The standard InChI is InChI=1S/C9H11BrN2O4S/c10-7-2-1-6(17-7)3-4-11-9(15)12-16-5-8(13)14/h1-2H,3-5H2,(H,13,14)(H2,11,12,15). The van der Waals surface area contributed by atoms with E-state index in [0.29, 0.717) is 13.0 Å². The summed E-state index contributed by atoms with van der Waals surface area (Å²) in [5.41, 5.74) is 1.97. The molecule has 0 aliphatic carbocycles. The molecule has 0 unspecified atom stereocenters. The first-order chi connectivity index (χ1) is 8.08. The number of hydrogen-bond acceptors (Lipinski definition) is 4. The molecule has 2 amide bonds. The van der Waals surface area contributed by atoms with Crippen LogP contribution in [0.4, 0.5) is 4.79 Å². The van der Waals surface area contributed by atoms with Crippen LogP contribution in [-0.4, -0.2) is 30.3 Å². The van der Waals surface area contributed by atoms with Gasteiger partial charge in [-0.25, -0.2) is 15.1 Å². The molecule has 0 bridgehead atoms. The minimum atomic E-state index is -1.14. The zero-order valence-electron chi connectivity index (χ0n) is 8.73. The van der Waals surface area contributed by atoms with Gasteiger partial charge in [-0.15, -0.1) is 11.3 Å². The number of urea groups is 1. The average Bonchev–Trinajstić information content (AvgIpc) is 2.63. The normalized spacial score (nSPS) is 9.94. The van der Waals surface area contributed by atoms with E-state index in [-0.39, 0.29) is 0 Å². The molecule has 0 aliphatic rings. The molecule has 0 atom stereocenters. The second-order valence-corrected chi connectivity index (χ2v) is 5.54. The van der Waals surface area contributed by atoms with Crippen LogP contribution in [0.15, 0.2) is 15.9 Å².